The number of carbonyl (C=O) groups excluding carboxylic acids is 3. The lowest BCUT2D eigenvalue weighted by molar-refractivity contribution is 0.0948. The highest BCUT2D eigenvalue weighted by Crippen LogP contribution is 2.21. The molecule has 3 aromatic rings. The molecule has 4 rings (SSSR count). The number of hydrogen-bond donors (Lipinski definition) is 4. The van der Waals surface area contributed by atoms with Gasteiger partial charge in [-0.3, -0.25) is 19.2 Å². The zero-order chi connectivity index (χ0) is 21.4. The van der Waals surface area contributed by atoms with E-state index in [0.717, 1.165) is 23.8 Å². The molecule has 1 saturated carbocycles. The van der Waals surface area contributed by atoms with Crippen LogP contribution in [0.1, 0.15) is 49.6 Å². The number of hydrogen-bond acceptors (Lipinski definition) is 4. The molecule has 1 aliphatic rings. The van der Waals surface area contributed by atoms with Gasteiger partial charge in [0.2, 0.25) is 0 Å². The molecule has 5 N–H and O–H groups in total. The van der Waals surface area contributed by atoms with Gasteiger partial charge < -0.3 is 25.9 Å². The second-order valence-corrected chi connectivity index (χ2v) is 7.33. The van der Waals surface area contributed by atoms with Gasteiger partial charge in [0.05, 0.1) is 12.1 Å². The summed E-state index contributed by atoms with van der Waals surface area (Å²) < 4.78 is 1.33. The first kappa shape index (κ1) is 19.4. The highest BCUT2D eigenvalue weighted by molar-refractivity contribution is 5.99. The van der Waals surface area contributed by atoms with E-state index in [9.17, 15) is 19.2 Å². The third-order valence-corrected chi connectivity index (χ3v) is 5.09. The number of amides is 3. The van der Waals surface area contributed by atoms with Crippen LogP contribution in [-0.4, -0.2) is 40.4 Å². The van der Waals surface area contributed by atoms with Crippen LogP contribution in [0, 0.1) is 0 Å². The van der Waals surface area contributed by atoms with Crippen LogP contribution in [-0.2, 0) is 6.54 Å². The number of aromatic amines is 1. The second kappa shape index (κ2) is 7.51. The predicted molar refractivity (Wildman–Crippen MR) is 110 cm³/mol. The van der Waals surface area contributed by atoms with Crippen molar-refractivity contribution >= 4 is 28.6 Å². The minimum Gasteiger partial charge on any atom is -0.364 e. The maximum atomic E-state index is 12.9. The molecule has 1 aromatic carbocycles. The van der Waals surface area contributed by atoms with E-state index in [-0.39, 0.29) is 35.3 Å². The normalized spacial score (nSPS) is 13.2. The summed E-state index contributed by atoms with van der Waals surface area (Å²) in [6, 6.07) is 8.47. The number of benzene rings is 1. The molecular formula is C21H21N5O4. The lowest BCUT2D eigenvalue weighted by Crippen LogP contribution is -2.34. The van der Waals surface area contributed by atoms with Gasteiger partial charge in [-0.1, -0.05) is 12.1 Å². The molecule has 0 spiro atoms. The molecule has 0 saturated heterocycles. The molecule has 9 heteroatoms. The summed E-state index contributed by atoms with van der Waals surface area (Å²) in [5.74, 6) is -1.48. The van der Waals surface area contributed by atoms with Crippen LogP contribution < -0.4 is 21.9 Å². The van der Waals surface area contributed by atoms with Crippen molar-refractivity contribution in [2.45, 2.75) is 25.4 Å². The highest BCUT2D eigenvalue weighted by atomic mass is 16.2. The van der Waals surface area contributed by atoms with Crippen molar-refractivity contribution in [2.75, 3.05) is 7.05 Å². The minimum atomic E-state index is -0.588. The van der Waals surface area contributed by atoms with Crippen molar-refractivity contribution in [3.05, 3.63) is 69.3 Å². The maximum Gasteiger partial charge on any atom is 0.265 e. The average Bonchev–Trinajstić information content (AvgIpc) is 3.42. The van der Waals surface area contributed by atoms with Crippen LogP contribution >= 0.6 is 0 Å². The van der Waals surface area contributed by atoms with Gasteiger partial charge in [-0.15, -0.1) is 0 Å². The number of fused-ring (bicyclic) bond motifs is 1. The number of carbonyl (C=O) groups is 3. The molecule has 0 aliphatic heterocycles. The fourth-order valence-electron chi connectivity index (χ4n) is 3.34. The zero-order valence-electron chi connectivity index (χ0n) is 16.3. The van der Waals surface area contributed by atoms with Crippen molar-refractivity contribution < 1.29 is 14.4 Å². The average molecular weight is 407 g/mol. The molecule has 0 unspecified atom stereocenters. The minimum absolute atomic E-state index is 0.111. The lowest BCUT2D eigenvalue weighted by Gasteiger charge is -2.12. The number of nitrogens with zero attached hydrogens (tertiary/aromatic N) is 1. The van der Waals surface area contributed by atoms with Crippen molar-refractivity contribution in [2.24, 2.45) is 5.73 Å². The zero-order valence-corrected chi connectivity index (χ0v) is 16.3. The van der Waals surface area contributed by atoms with E-state index in [2.05, 4.69) is 15.6 Å². The molecule has 1 aliphatic carbocycles. The largest absolute Gasteiger partial charge is 0.364 e. The molecule has 2 heterocycles. The fraction of sp³-hybridized carbons (Fsp3) is 0.238. The van der Waals surface area contributed by atoms with Crippen LogP contribution in [0.15, 0.2) is 41.3 Å². The SMILES string of the molecule is CNC(=O)c1cc(C(=O)NC2CC2)cn(Cc2cccc3[nH]c(C(N)=O)cc23)c1=O. The molecule has 9 nitrogen and oxygen atoms in total. The van der Waals surface area contributed by atoms with Crippen molar-refractivity contribution in [3.63, 3.8) is 0 Å². The summed E-state index contributed by atoms with van der Waals surface area (Å²) in [5, 5.41) is 6.03. The Labute approximate surface area is 171 Å². The summed E-state index contributed by atoms with van der Waals surface area (Å²) in [4.78, 5) is 52.1. The standard InChI is InChI=1S/C21H21N5O4/c1-23-20(29)15-7-12(19(28)24-13-5-6-13)10-26(21(15)30)9-11-3-2-4-16-14(11)8-17(25-16)18(22)27/h2-4,7-8,10,13,25H,5-6,9H2,1H3,(H2,22,27)(H,23,29)(H,24,28). The summed E-state index contributed by atoms with van der Waals surface area (Å²) in [6.45, 7) is 0.112. The number of H-pyrrole nitrogens is 1. The lowest BCUT2D eigenvalue weighted by atomic mass is 10.1. The molecule has 30 heavy (non-hydrogen) atoms. The first-order chi connectivity index (χ1) is 14.4. The molecule has 154 valence electrons. The number of nitrogens with two attached hydrogens (primary N) is 1. The van der Waals surface area contributed by atoms with Crippen molar-refractivity contribution in [1.29, 1.82) is 0 Å². The van der Waals surface area contributed by atoms with Crippen LogP contribution in [0.3, 0.4) is 0 Å². The van der Waals surface area contributed by atoms with Gasteiger partial charge in [-0.25, -0.2) is 0 Å². The van der Waals surface area contributed by atoms with E-state index in [1.807, 2.05) is 6.07 Å². The third kappa shape index (κ3) is 3.69. The molecule has 3 amide bonds. The molecular weight excluding hydrogens is 386 g/mol. The van der Waals surface area contributed by atoms with Gasteiger partial charge in [-0.05, 0) is 36.6 Å². The van der Waals surface area contributed by atoms with Gasteiger partial charge >= 0.3 is 0 Å². The summed E-state index contributed by atoms with van der Waals surface area (Å²) in [6.07, 6.45) is 3.30. The number of nitrogens with one attached hydrogen (secondary N) is 3. The van der Waals surface area contributed by atoms with Crippen molar-refractivity contribution in [3.8, 4) is 0 Å². The quantitative estimate of drug-likeness (QED) is 0.478. The molecule has 1 fully saturated rings. The number of pyridine rings is 1. The molecule has 2 aromatic heterocycles. The summed E-state index contributed by atoms with van der Waals surface area (Å²) in [7, 11) is 1.43. The van der Waals surface area contributed by atoms with Crippen LogP contribution in [0.5, 0.6) is 0 Å². The topological polar surface area (TPSA) is 139 Å². The van der Waals surface area contributed by atoms with Gasteiger partial charge in [0.25, 0.3) is 23.3 Å². The van der Waals surface area contributed by atoms with Crippen LogP contribution in [0.4, 0.5) is 0 Å². The van der Waals surface area contributed by atoms with Gasteiger partial charge in [0.1, 0.15) is 11.3 Å². The second-order valence-electron chi connectivity index (χ2n) is 7.33. The van der Waals surface area contributed by atoms with E-state index in [4.69, 9.17) is 5.73 Å². The van der Waals surface area contributed by atoms with Crippen LogP contribution in [0.2, 0.25) is 0 Å². The molecule has 0 radical (unpaired) electrons. The number of rotatable bonds is 6. The Hall–Kier alpha value is -3.88. The van der Waals surface area contributed by atoms with E-state index in [1.165, 1.54) is 23.9 Å². The predicted octanol–water partition coefficient (Wildman–Crippen LogP) is 0.729. The van der Waals surface area contributed by atoms with E-state index in [0.29, 0.717) is 5.52 Å². The monoisotopic (exact) mass is 407 g/mol. The van der Waals surface area contributed by atoms with E-state index in [1.54, 1.807) is 18.2 Å². The first-order valence-corrected chi connectivity index (χ1v) is 9.55. The Balaban J connectivity index is 1.78. The van der Waals surface area contributed by atoms with Gasteiger partial charge in [-0.2, -0.15) is 0 Å². The fourth-order valence-corrected chi connectivity index (χ4v) is 3.34. The smallest absolute Gasteiger partial charge is 0.265 e. The Morgan fingerprint density at radius 1 is 1.20 bits per heavy atom. The Bertz CT molecular complexity index is 1240. The Morgan fingerprint density at radius 3 is 2.63 bits per heavy atom. The molecule has 0 bridgehead atoms. The highest BCUT2D eigenvalue weighted by Gasteiger charge is 2.25. The van der Waals surface area contributed by atoms with E-state index >= 15 is 0 Å². The summed E-state index contributed by atoms with van der Waals surface area (Å²) >= 11 is 0. The first-order valence-electron chi connectivity index (χ1n) is 9.55. The number of primary amides is 1. The molecule has 0 atom stereocenters. The third-order valence-electron chi connectivity index (χ3n) is 5.09. The number of aromatic nitrogens is 2. The van der Waals surface area contributed by atoms with Gasteiger partial charge in [0.15, 0.2) is 0 Å². The Kier molecular flexibility index (Phi) is 4.86. The van der Waals surface area contributed by atoms with Gasteiger partial charge in [0, 0.05) is 30.2 Å². The maximum absolute atomic E-state index is 12.9. The Morgan fingerprint density at radius 2 is 1.97 bits per heavy atom. The van der Waals surface area contributed by atoms with Crippen LogP contribution in [0.25, 0.3) is 10.9 Å². The summed E-state index contributed by atoms with van der Waals surface area (Å²) in [5.41, 5.74) is 6.66. The van der Waals surface area contributed by atoms with Crippen molar-refractivity contribution in [1.82, 2.24) is 20.2 Å². The van der Waals surface area contributed by atoms with E-state index < -0.39 is 17.4 Å².